The van der Waals surface area contributed by atoms with E-state index in [0.29, 0.717) is 0 Å². The molecule has 2 aromatic heterocycles. The van der Waals surface area contributed by atoms with E-state index >= 15 is 0 Å². The van der Waals surface area contributed by atoms with Crippen LogP contribution in [0.15, 0.2) is 115 Å². The highest BCUT2D eigenvalue weighted by molar-refractivity contribution is 7.26. The van der Waals surface area contributed by atoms with Crippen LogP contribution in [0.4, 0.5) is 33.4 Å². The van der Waals surface area contributed by atoms with Gasteiger partial charge in [0.05, 0.1) is 10.7 Å². The summed E-state index contributed by atoms with van der Waals surface area (Å²) >= 11 is 3.84. The van der Waals surface area contributed by atoms with Crippen molar-refractivity contribution < 1.29 is 0 Å². The van der Waals surface area contributed by atoms with Gasteiger partial charge in [-0.05, 0) is 146 Å². The summed E-state index contributed by atoms with van der Waals surface area (Å²) in [5.41, 5.74) is 19.9. The average Bonchev–Trinajstić information content (AvgIpc) is 3.79. The number of fused-ring (bicyclic) bond motifs is 7. The van der Waals surface area contributed by atoms with Crippen LogP contribution >= 0.6 is 22.7 Å². The van der Waals surface area contributed by atoms with Gasteiger partial charge in [-0.25, -0.2) is 0 Å². The number of benzene rings is 6. The number of anilines is 6. The van der Waals surface area contributed by atoms with Crippen LogP contribution in [0.3, 0.4) is 0 Å². The van der Waals surface area contributed by atoms with Crippen molar-refractivity contribution in [3.8, 4) is 10.4 Å². The molecule has 2 aliphatic heterocycles. The van der Waals surface area contributed by atoms with Gasteiger partial charge in [-0.1, -0.05) is 135 Å². The van der Waals surface area contributed by atoms with E-state index < -0.39 is 0 Å². The van der Waals surface area contributed by atoms with Crippen molar-refractivity contribution in [2.24, 2.45) is 0 Å². The zero-order valence-electron chi connectivity index (χ0n) is 37.3. The third-order valence-electron chi connectivity index (χ3n) is 13.1. The first-order valence-electron chi connectivity index (χ1n) is 21.5. The van der Waals surface area contributed by atoms with Gasteiger partial charge in [-0.15, -0.1) is 22.7 Å². The standard InChI is InChI=1S/C55H55BN2S2/c1-32-26-37(53(4,5)6)21-24-42(32)57-43-17-15-18-44-50(43)56(41-23-20-36(29-45(41)57)48-30-35-16-13-14-19-46(35)59-48)49-40-31-38(54(7,8)9)22-25-47(40)60-52(49)58(44)51-33(2)27-39(28-34(51)3)55(10,11)12/h13-31H,1-12H3. The SMILES string of the molecule is Cc1cc(C(C)(C)C)ccc1N1c2cc(-c3cc4ccccc4s3)ccc2B2c3c1cccc3N(c1c(C)cc(C(C)(C)C)cc1C)c1sc3ccc(C(C)(C)C)cc3c12. The minimum Gasteiger partial charge on any atom is -0.311 e. The molecule has 8 aromatic rings. The van der Waals surface area contributed by atoms with Crippen molar-refractivity contribution >= 4 is 99.4 Å². The first-order chi connectivity index (χ1) is 28.4. The lowest BCUT2D eigenvalue weighted by Gasteiger charge is -2.44. The summed E-state index contributed by atoms with van der Waals surface area (Å²) in [7, 11) is 0. The van der Waals surface area contributed by atoms with Gasteiger partial charge in [0.15, 0.2) is 0 Å². The predicted molar refractivity (Wildman–Crippen MR) is 267 cm³/mol. The second-order valence-corrected chi connectivity index (χ2v) is 22.6. The molecular formula is C55H55BN2S2. The molecule has 10 rings (SSSR count). The second-order valence-electron chi connectivity index (χ2n) is 20.5. The smallest absolute Gasteiger partial charge is 0.254 e. The van der Waals surface area contributed by atoms with Crippen LogP contribution in [0.5, 0.6) is 0 Å². The Morgan fingerprint density at radius 2 is 1.10 bits per heavy atom. The third-order valence-corrected chi connectivity index (χ3v) is 15.4. The zero-order valence-corrected chi connectivity index (χ0v) is 38.9. The Hall–Kier alpha value is -5.10. The van der Waals surface area contributed by atoms with Crippen LogP contribution in [-0.2, 0) is 16.2 Å². The number of hydrogen-bond acceptors (Lipinski definition) is 4. The summed E-state index contributed by atoms with van der Waals surface area (Å²) in [6, 6.07) is 44.9. The minimum atomic E-state index is 0.0214. The van der Waals surface area contributed by atoms with Gasteiger partial charge in [0.2, 0.25) is 0 Å². The second kappa shape index (κ2) is 13.5. The highest BCUT2D eigenvalue weighted by Crippen LogP contribution is 2.51. The van der Waals surface area contributed by atoms with E-state index in [1.165, 1.54) is 114 Å². The van der Waals surface area contributed by atoms with E-state index in [0.717, 1.165) is 0 Å². The number of nitrogens with zero attached hydrogens (tertiary/aromatic N) is 2. The third kappa shape index (κ3) is 6.10. The summed E-state index contributed by atoms with van der Waals surface area (Å²) in [5.74, 6) is 0. The molecule has 0 amide bonds. The largest absolute Gasteiger partial charge is 0.311 e. The normalized spacial score (nSPS) is 13.9. The first-order valence-corrected chi connectivity index (χ1v) is 23.2. The van der Waals surface area contributed by atoms with Crippen LogP contribution in [0.2, 0.25) is 0 Å². The van der Waals surface area contributed by atoms with Gasteiger partial charge in [0, 0.05) is 37.0 Å². The summed E-state index contributed by atoms with van der Waals surface area (Å²) in [6.45, 7) is 27.9. The molecule has 0 aliphatic carbocycles. The van der Waals surface area contributed by atoms with Crippen LogP contribution in [0.1, 0.15) is 95.7 Å². The lowest BCUT2D eigenvalue weighted by atomic mass is 9.33. The Kier molecular flexibility index (Phi) is 8.76. The highest BCUT2D eigenvalue weighted by atomic mass is 32.1. The monoisotopic (exact) mass is 818 g/mol. The molecule has 0 spiro atoms. The lowest BCUT2D eigenvalue weighted by Crippen LogP contribution is -2.61. The van der Waals surface area contributed by atoms with Crippen LogP contribution in [0, 0.1) is 20.8 Å². The molecule has 0 atom stereocenters. The highest BCUT2D eigenvalue weighted by Gasteiger charge is 2.46. The Bertz CT molecular complexity index is 2990. The summed E-state index contributed by atoms with van der Waals surface area (Å²) in [5, 5.41) is 4.01. The lowest BCUT2D eigenvalue weighted by molar-refractivity contribution is 0.589. The molecule has 5 heteroatoms. The quantitative estimate of drug-likeness (QED) is 0.164. The van der Waals surface area contributed by atoms with Crippen molar-refractivity contribution in [2.45, 2.75) is 99.3 Å². The molecule has 300 valence electrons. The van der Waals surface area contributed by atoms with Gasteiger partial charge in [-0.2, -0.15) is 0 Å². The topological polar surface area (TPSA) is 6.48 Å². The zero-order chi connectivity index (χ0) is 42.2. The summed E-state index contributed by atoms with van der Waals surface area (Å²) in [4.78, 5) is 6.55. The molecule has 0 saturated heterocycles. The van der Waals surface area contributed by atoms with Gasteiger partial charge in [0.25, 0.3) is 6.71 Å². The van der Waals surface area contributed by atoms with E-state index in [1.807, 2.05) is 22.7 Å². The maximum absolute atomic E-state index is 2.65. The molecule has 60 heavy (non-hydrogen) atoms. The van der Waals surface area contributed by atoms with Crippen molar-refractivity contribution in [2.75, 3.05) is 9.80 Å². The molecule has 2 nitrogen and oxygen atoms in total. The van der Waals surface area contributed by atoms with Crippen LogP contribution in [0.25, 0.3) is 30.6 Å². The fourth-order valence-corrected chi connectivity index (χ4v) is 12.1. The Morgan fingerprint density at radius 3 is 1.77 bits per heavy atom. The van der Waals surface area contributed by atoms with Crippen LogP contribution in [-0.4, -0.2) is 6.71 Å². The van der Waals surface area contributed by atoms with Gasteiger partial charge >= 0.3 is 0 Å². The van der Waals surface area contributed by atoms with Gasteiger partial charge in [-0.3, -0.25) is 0 Å². The Morgan fingerprint density at radius 1 is 0.467 bits per heavy atom. The molecular weight excluding hydrogens is 764 g/mol. The number of aryl methyl sites for hydroxylation is 3. The predicted octanol–water partition coefficient (Wildman–Crippen LogP) is 14.7. The number of hydrogen-bond donors (Lipinski definition) is 0. The van der Waals surface area contributed by atoms with Crippen molar-refractivity contribution in [1.29, 1.82) is 0 Å². The maximum Gasteiger partial charge on any atom is 0.254 e. The van der Waals surface area contributed by atoms with Gasteiger partial charge in [0.1, 0.15) is 0 Å². The first kappa shape index (κ1) is 39.1. The Balaban J connectivity index is 1.30. The van der Waals surface area contributed by atoms with Crippen molar-refractivity contribution in [1.82, 2.24) is 0 Å². The molecule has 0 unspecified atom stereocenters. The molecule has 0 saturated carbocycles. The van der Waals surface area contributed by atoms with E-state index in [1.54, 1.807) is 0 Å². The van der Waals surface area contributed by atoms with Crippen molar-refractivity contribution in [3.63, 3.8) is 0 Å². The fourth-order valence-electron chi connectivity index (χ4n) is 9.79. The van der Waals surface area contributed by atoms with Crippen molar-refractivity contribution in [3.05, 3.63) is 149 Å². The van der Waals surface area contributed by atoms with E-state index in [9.17, 15) is 0 Å². The number of rotatable bonds is 3. The van der Waals surface area contributed by atoms with E-state index in [2.05, 4.69) is 208 Å². The average molecular weight is 819 g/mol. The molecule has 0 bridgehead atoms. The molecule has 4 heterocycles. The molecule has 0 N–H and O–H groups in total. The maximum atomic E-state index is 2.65. The fraction of sp³-hybridized carbons (Fsp3) is 0.273. The molecule has 0 fully saturated rings. The molecule has 2 aliphatic rings. The van der Waals surface area contributed by atoms with E-state index in [4.69, 9.17) is 0 Å². The van der Waals surface area contributed by atoms with Crippen LogP contribution < -0.4 is 26.2 Å². The number of thiophene rings is 2. The summed E-state index contributed by atoms with van der Waals surface area (Å²) in [6.07, 6.45) is 0. The minimum absolute atomic E-state index is 0.0214. The molecule has 0 radical (unpaired) electrons. The summed E-state index contributed by atoms with van der Waals surface area (Å²) < 4.78 is 2.66. The Labute approximate surface area is 365 Å². The van der Waals surface area contributed by atoms with E-state index in [-0.39, 0.29) is 23.0 Å². The van der Waals surface area contributed by atoms with Gasteiger partial charge < -0.3 is 9.80 Å². The molecule has 6 aromatic carbocycles.